The number of pyridine rings is 1. The van der Waals surface area contributed by atoms with Gasteiger partial charge in [-0.2, -0.15) is 0 Å². The number of anilines is 2. The second-order valence-electron chi connectivity index (χ2n) is 6.49. The number of rotatable bonds is 6. The average molecular weight is 423 g/mol. The molecule has 0 unspecified atom stereocenters. The molecular weight excluding hydrogens is 400 g/mol. The van der Waals surface area contributed by atoms with Gasteiger partial charge in [-0.05, 0) is 37.6 Å². The zero-order valence-electron chi connectivity index (χ0n) is 15.9. The lowest BCUT2D eigenvalue weighted by Gasteiger charge is -2.34. The summed E-state index contributed by atoms with van der Waals surface area (Å²) in [6, 6.07) is 5.54. The number of hydrogen-bond donors (Lipinski definition) is 1. The largest absolute Gasteiger partial charge is 0.462 e. The second kappa shape index (κ2) is 9.36. The molecule has 3 heterocycles. The van der Waals surface area contributed by atoms with Crippen LogP contribution in [0.4, 0.5) is 10.8 Å². The molecule has 1 saturated heterocycles. The zero-order valence-corrected chi connectivity index (χ0v) is 17.5. The smallest absolute Gasteiger partial charge is 0.348 e. The maximum Gasteiger partial charge on any atom is 0.348 e. The van der Waals surface area contributed by atoms with Crippen LogP contribution in [0.5, 0.6) is 0 Å². The van der Waals surface area contributed by atoms with E-state index in [9.17, 15) is 9.59 Å². The Labute approximate surface area is 173 Å². The Morgan fingerprint density at radius 1 is 1.29 bits per heavy atom. The van der Waals surface area contributed by atoms with Gasteiger partial charge >= 0.3 is 5.97 Å². The summed E-state index contributed by atoms with van der Waals surface area (Å²) in [5.74, 6) is 0.459. The summed E-state index contributed by atoms with van der Waals surface area (Å²) in [5, 5.41) is 4.17. The Kier molecular flexibility index (Phi) is 6.88. The molecule has 2 aromatic heterocycles. The van der Waals surface area contributed by atoms with E-state index in [1.54, 1.807) is 19.2 Å². The summed E-state index contributed by atoms with van der Waals surface area (Å²) < 4.78 is 5.04. The van der Waals surface area contributed by atoms with Crippen LogP contribution in [0.25, 0.3) is 0 Å². The van der Waals surface area contributed by atoms with Crippen LogP contribution in [0.15, 0.2) is 24.4 Å². The molecule has 0 aliphatic carbocycles. The highest BCUT2D eigenvalue weighted by Gasteiger charge is 2.21. The molecule has 7 nitrogen and oxygen atoms in total. The Morgan fingerprint density at radius 3 is 2.68 bits per heavy atom. The first-order chi connectivity index (χ1) is 13.5. The van der Waals surface area contributed by atoms with Crippen LogP contribution in [-0.4, -0.2) is 61.1 Å². The number of piperazine rings is 1. The van der Waals surface area contributed by atoms with Crippen molar-refractivity contribution in [1.82, 2.24) is 9.88 Å². The van der Waals surface area contributed by atoms with Crippen LogP contribution in [0.1, 0.15) is 22.2 Å². The molecule has 1 aliphatic rings. The van der Waals surface area contributed by atoms with Gasteiger partial charge in [0.15, 0.2) is 0 Å². The minimum Gasteiger partial charge on any atom is -0.462 e. The molecule has 9 heteroatoms. The van der Waals surface area contributed by atoms with Crippen LogP contribution in [0, 0.1) is 6.92 Å². The summed E-state index contributed by atoms with van der Waals surface area (Å²) >= 11 is 7.13. The maximum absolute atomic E-state index is 12.4. The molecule has 150 valence electrons. The third-order valence-electron chi connectivity index (χ3n) is 4.42. The molecule has 1 amide bonds. The highest BCUT2D eigenvalue weighted by molar-refractivity contribution is 7.18. The van der Waals surface area contributed by atoms with Crippen molar-refractivity contribution in [2.75, 3.05) is 49.5 Å². The van der Waals surface area contributed by atoms with Gasteiger partial charge in [0.05, 0.1) is 23.2 Å². The molecule has 1 N–H and O–H groups in total. The molecule has 0 spiro atoms. The Balaban J connectivity index is 1.49. The maximum atomic E-state index is 12.4. The SMILES string of the molecule is CCOC(=O)c1sc(NC(=O)CN2CCN(c3ccc(Cl)cn3)CC2)cc1C. The molecular formula is C19H23ClN4O3S. The van der Waals surface area contributed by atoms with Crippen LogP contribution in [0.2, 0.25) is 5.02 Å². The summed E-state index contributed by atoms with van der Waals surface area (Å²) in [5.41, 5.74) is 0.808. The topological polar surface area (TPSA) is 74.8 Å². The van der Waals surface area contributed by atoms with Gasteiger partial charge in [-0.25, -0.2) is 9.78 Å². The fraction of sp³-hybridized carbons (Fsp3) is 0.421. The first kappa shape index (κ1) is 20.6. The fourth-order valence-electron chi connectivity index (χ4n) is 3.01. The van der Waals surface area contributed by atoms with Crippen molar-refractivity contribution in [2.24, 2.45) is 0 Å². The number of nitrogens with zero attached hydrogens (tertiary/aromatic N) is 3. The van der Waals surface area contributed by atoms with Gasteiger partial charge < -0.3 is 15.0 Å². The van der Waals surface area contributed by atoms with E-state index < -0.39 is 0 Å². The molecule has 3 rings (SSSR count). The van der Waals surface area contributed by atoms with Crippen molar-refractivity contribution < 1.29 is 14.3 Å². The third-order valence-corrected chi connectivity index (χ3v) is 5.77. The summed E-state index contributed by atoms with van der Waals surface area (Å²) in [4.78, 5) is 33.4. The summed E-state index contributed by atoms with van der Waals surface area (Å²) in [6.45, 7) is 7.39. The van der Waals surface area contributed by atoms with E-state index >= 15 is 0 Å². The Bertz CT molecular complexity index is 832. The number of hydrogen-bond acceptors (Lipinski definition) is 7. The number of amides is 1. The third kappa shape index (κ3) is 5.21. The molecule has 2 aromatic rings. The number of nitrogens with one attached hydrogen (secondary N) is 1. The van der Waals surface area contributed by atoms with Crippen LogP contribution >= 0.6 is 22.9 Å². The number of halogens is 1. The number of ether oxygens (including phenoxy) is 1. The minimum atomic E-state index is -0.350. The van der Waals surface area contributed by atoms with Crippen LogP contribution in [-0.2, 0) is 9.53 Å². The summed E-state index contributed by atoms with van der Waals surface area (Å²) in [6.07, 6.45) is 1.64. The number of thiophene rings is 1. The van der Waals surface area contributed by atoms with Crippen molar-refractivity contribution >= 4 is 45.6 Å². The van der Waals surface area contributed by atoms with E-state index in [2.05, 4.69) is 20.1 Å². The first-order valence-electron chi connectivity index (χ1n) is 9.12. The van der Waals surface area contributed by atoms with Gasteiger partial charge in [0.2, 0.25) is 5.91 Å². The standard InChI is InChI=1S/C19H23ClN4O3S/c1-3-27-19(26)18-13(2)10-17(28-18)22-16(25)12-23-6-8-24(9-7-23)15-5-4-14(20)11-21-15/h4-5,10-11H,3,6-9,12H2,1-2H3,(H,22,25). The predicted octanol–water partition coefficient (Wildman–Crippen LogP) is 3.04. The van der Waals surface area contributed by atoms with Gasteiger partial charge in [-0.15, -0.1) is 11.3 Å². The molecule has 0 atom stereocenters. The molecule has 0 radical (unpaired) electrons. The van der Waals surface area contributed by atoms with E-state index in [4.69, 9.17) is 16.3 Å². The Hall–Kier alpha value is -2.16. The van der Waals surface area contributed by atoms with Crippen molar-refractivity contribution in [1.29, 1.82) is 0 Å². The van der Waals surface area contributed by atoms with Crippen molar-refractivity contribution in [3.63, 3.8) is 0 Å². The van der Waals surface area contributed by atoms with E-state index in [0.717, 1.165) is 37.6 Å². The molecule has 0 bridgehead atoms. The lowest BCUT2D eigenvalue weighted by molar-refractivity contribution is -0.117. The number of carbonyl (C=O) groups excluding carboxylic acids is 2. The molecule has 1 fully saturated rings. The van der Waals surface area contributed by atoms with E-state index in [0.29, 0.717) is 28.1 Å². The number of aromatic nitrogens is 1. The van der Waals surface area contributed by atoms with Gasteiger partial charge in [0, 0.05) is 32.4 Å². The molecule has 0 saturated carbocycles. The van der Waals surface area contributed by atoms with Gasteiger partial charge in [0.25, 0.3) is 0 Å². The quantitative estimate of drug-likeness (QED) is 0.721. The second-order valence-corrected chi connectivity index (χ2v) is 7.98. The predicted molar refractivity (Wildman–Crippen MR) is 112 cm³/mol. The monoisotopic (exact) mass is 422 g/mol. The van der Waals surface area contributed by atoms with E-state index in [1.165, 1.54) is 11.3 Å². The highest BCUT2D eigenvalue weighted by Crippen LogP contribution is 2.27. The van der Waals surface area contributed by atoms with E-state index in [1.807, 2.05) is 19.1 Å². The van der Waals surface area contributed by atoms with Crippen molar-refractivity contribution in [2.45, 2.75) is 13.8 Å². The lowest BCUT2D eigenvalue weighted by Crippen LogP contribution is -2.48. The van der Waals surface area contributed by atoms with Crippen molar-refractivity contribution in [3.05, 3.63) is 39.9 Å². The molecule has 1 aliphatic heterocycles. The average Bonchev–Trinajstić information content (AvgIpc) is 3.03. The fourth-order valence-corrected chi connectivity index (χ4v) is 4.11. The number of esters is 1. The van der Waals surface area contributed by atoms with Gasteiger partial charge in [-0.1, -0.05) is 11.6 Å². The van der Waals surface area contributed by atoms with Crippen LogP contribution < -0.4 is 10.2 Å². The normalized spacial score (nSPS) is 14.8. The Morgan fingerprint density at radius 2 is 2.04 bits per heavy atom. The van der Waals surface area contributed by atoms with E-state index in [-0.39, 0.29) is 11.9 Å². The first-order valence-corrected chi connectivity index (χ1v) is 10.3. The lowest BCUT2D eigenvalue weighted by atomic mass is 10.3. The molecule has 0 aromatic carbocycles. The summed E-state index contributed by atoms with van der Waals surface area (Å²) in [7, 11) is 0. The van der Waals surface area contributed by atoms with Crippen molar-refractivity contribution in [3.8, 4) is 0 Å². The highest BCUT2D eigenvalue weighted by atomic mass is 35.5. The number of aryl methyl sites for hydroxylation is 1. The van der Waals surface area contributed by atoms with Gasteiger partial charge in [0.1, 0.15) is 10.7 Å². The van der Waals surface area contributed by atoms with Gasteiger partial charge in [-0.3, -0.25) is 9.69 Å². The number of carbonyl (C=O) groups is 2. The minimum absolute atomic E-state index is 0.0882. The molecule has 28 heavy (non-hydrogen) atoms. The zero-order chi connectivity index (χ0) is 20.1. The van der Waals surface area contributed by atoms with Crippen LogP contribution in [0.3, 0.4) is 0 Å².